The molecule has 0 aliphatic carbocycles. The number of non-ortho nitro benzene ring substituents is 1. The molecule has 0 aliphatic rings. The number of sulfonamides is 1. The van der Waals surface area contributed by atoms with Crippen LogP contribution in [0.4, 0.5) is 22.7 Å². The van der Waals surface area contributed by atoms with E-state index in [-0.39, 0.29) is 26.9 Å². The van der Waals surface area contributed by atoms with Crippen molar-refractivity contribution in [1.82, 2.24) is 0 Å². The third-order valence-electron chi connectivity index (χ3n) is 4.54. The third-order valence-corrected chi connectivity index (χ3v) is 6.64. The van der Waals surface area contributed by atoms with Crippen LogP contribution in [0.2, 0.25) is 10.0 Å². The molecule has 0 unspecified atom stereocenters. The van der Waals surface area contributed by atoms with E-state index in [2.05, 4.69) is 10.0 Å². The number of nitrogens with zero attached hydrogens (tertiary/aromatic N) is 1. The first-order valence-electron chi connectivity index (χ1n) is 9.20. The summed E-state index contributed by atoms with van der Waals surface area (Å²) in [5.74, 6) is 0. The van der Waals surface area contributed by atoms with Gasteiger partial charge in [0.15, 0.2) is 0 Å². The van der Waals surface area contributed by atoms with Gasteiger partial charge in [-0.15, -0.1) is 0 Å². The number of fused-ring (bicyclic) bond motifs is 1. The van der Waals surface area contributed by atoms with Crippen LogP contribution >= 0.6 is 23.2 Å². The number of anilines is 3. The van der Waals surface area contributed by atoms with Crippen LogP contribution in [0, 0.1) is 10.1 Å². The summed E-state index contributed by atoms with van der Waals surface area (Å²) in [5.41, 5.74) is 0.444. The minimum atomic E-state index is -3.96. The van der Waals surface area contributed by atoms with E-state index in [0.717, 1.165) is 0 Å². The van der Waals surface area contributed by atoms with Gasteiger partial charge in [0.05, 0.1) is 15.6 Å². The fourth-order valence-corrected chi connectivity index (χ4v) is 4.88. The van der Waals surface area contributed by atoms with Crippen molar-refractivity contribution in [3.8, 4) is 0 Å². The maximum absolute atomic E-state index is 12.6. The molecule has 0 fully saturated rings. The average molecular weight is 506 g/mol. The topological polar surface area (TPSA) is 132 Å². The first kappa shape index (κ1) is 22.6. The highest BCUT2D eigenvalue weighted by Gasteiger charge is 2.18. The molecular weight excluding hydrogens is 493 g/mol. The van der Waals surface area contributed by atoms with Gasteiger partial charge in [-0.2, -0.15) is 0 Å². The zero-order chi connectivity index (χ0) is 23.8. The first-order chi connectivity index (χ1) is 15.6. The Kier molecular flexibility index (Phi) is 5.98. The lowest BCUT2D eigenvalue weighted by molar-refractivity contribution is -0.384. The van der Waals surface area contributed by atoms with Crippen LogP contribution in [-0.4, -0.2) is 13.3 Å². The molecule has 1 heterocycles. The van der Waals surface area contributed by atoms with Gasteiger partial charge in [-0.3, -0.25) is 14.8 Å². The van der Waals surface area contributed by atoms with Gasteiger partial charge in [0, 0.05) is 40.0 Å². The Labute approximate surface area is 196 Å². The normalized spacial score (nSPS) is 11.3. The average Bonchev–Trinajstić information content (AvgIpc) is 2.74. The van der Waals surface area contributed by atoms with Crippen LogP contribution in [0.1, 0.15) is 0 Å². The molecule has 2 N–H and O–H groups in total. The maximum Gasteiger partial charge on any atom is 0.338 e. The van der Waals surface area contributed by atoms with Crippen molar-refractivity contribution in [3.63, 3.8) is 0 Å². The number of nitro benzene ring substituents is 1. The van der Waals surface area contributed by atoms with Crippen molar-refractivity contribution in [2.45, 2.75) is 4.90 Å². The Morgan fingerprint density at radius 2 is 1.61 bits per heavy atom. The number of rotatable bonds is 6. The van der Waals surface area contributed by atoms with Crippen molar-refractivity contribution >= 4 is 66.9 Å². The smallest absolute Gasteiger partial charge is 0.338 e. The zero-order valence-electron chi connectivity index (χ0n) is 16.4. The Bertz CT molecular complexity index is 1550. The summed E-state index contributed by atoms with van der Waals surface area (Å²) >= 11 is 11.8. The minimum Gasteiger partial charge on any atom is -0.423 e. The van der Waals surface area contributed by atoms with Gasteiger partial charge in [0.1, 0.15) is 10.5 Å². The molecule has 0 bridgehead atoms. The molecule has 9 nitrogen and oxygen atoms in total. The summed E-state index contributed by atoms with van der Waals surface area (Å²) in [6.07, 6.45) is 0. The molecule has 3 aromatic carbocycles. The maximum atomic E-state index is 12.6. The summed E-state index contributed by atoms with van der Waals surface area (Å²) in [6, 6.07) is 15.2. The van der Waals surface area contributed by atoms with E-state index in [4.69, 9.17) is 27.6 Å². The third kappa shape index (κ3) is 4.92. The molecule has 33 heavy (non-hydrogen) atoms. The van der Waals surface area contributed by atoms with Crippen LogP contribution in [0.3, 0.4) is 0 Å². The summed E-state index contributed by atoms with van der Waals surface area (Å²) < 4.78 is 32.8. The molecule has 0 atom stereocenters. The summed E-state index contributed by atoms with van der Waals surface area (Å²) in [4.78, 5) is 22.3. The fourth-order valence-electron chi connectivity index (χ4n) is 3.05. The van der Waals surface area contributed by atoms with Gasteiger partial charge < -0.3 is 9.73 Å². The Morgan fingerprint density at radius 3 is 2.27 bits per heavy atom. The highest BCUT2D eigenvalue weighted by molar-refractivity contribution is 7.92. The molecule has 4 rings (SSSR count). The monoisotopic (exact) mass is 505 g/mol. The first-order valence-corrected chi connectivity index (χ1v) is 11.4. The van der Waals surface area contributed by atoms with Crippen molar-refractivity contribution in [2.24, 2.45) is 0 Å². The van der Waals surface area contributed by atoms with Gasteiger partial charge in [-0.05, 0) is 48.5 Å². The highest BCUT2D eigenvalue weighted by atomic mass is 35.5. The van der Waals surface area contributed by atoms with Crippen LogP contribution in [0.15, 0.2) is 80.8 Å². The summed E-state index contributed by atoms with van der Waals surface area (Å²) in [7, 11) is -3.96. The molecule has 0 saturated heterocycles. The largest absolute Gasteiger partial charge is 0.423 e. The predicted octanol–water partition coefficient (Wildman–Crippen LogP) is 5.55. The molecule has 168 valence electrons. The van der Waals surface area contributed by atoms with E-state index in [9.17, 15) is 23.3 Å². The second-order valence-electron chi connectivity index (χ2n) is 6.80. The van der Waals surface area contributed by atoms with Gasteiger partial charge in [-0.25, -0.2) is 13.2 Å². The molecule has 4 aromatic rings. The molecule has 0 saturated carbocycles. The number of nitrogens with one attached hydrogen (secondary N) is 2. The van der Waals surface area contributed by atoms with E-state index < -0.39 is 20.6 Å². The summed E-state index contributed by atoms with van der Waals surface area (Å²) in [5, 5.41) is 14.7. The van der Waals surface area contributed by atoms with Gasteiger partial charge in [-0.1, -0.05) is 23.2 Å². The van der Waals surface area contributed by atoms with Gasteiger partial charge in [0.2, 0.25) is 0 Å². The molecule has 12 heteroatoms. The Hall–Kier alpha value is -3.60. The van der Waals surface area contributed by atoms with E-state index in [0.29, 0.717) is 21.8 Å². The fraction of sp³-hybridized carbons (Fsp3) is 0. The van der Waals surface area contributed by atoms with Crippen LogP contribution in [-0.2, 0) is 10.0 Å². The second-order valence-corrected chi connectivity index (χ2v) is 9.29. The summed E-state index contributed by atoms with van der Waals surface area (Å²) in [6.45, 7) is 0. The molecule has 0 amide bonds. The standard InChI is InChI=1S/C21H13Cl2N3O6S/c22-12-1-8-20(17(23)9-12)33(30,31)25-14-4-2-13(3-5-14)24-18-11-21(27)32-19-7-6-15(26(28)29)10-16(18)19/h1-11,24-25H. The van der Waals surface area contributed by atoms with Crippen molar-refractivity contribution in [3.05, 3.63) is 97.3 Å². The van der Waals surface area contributed by atoms with E-state index in [1.165, 1.54) is 54.6 Å². The van der Waals surface area contributed by atoms with Crippen LogP contribution in [0.5, 0.6) is 0 Å². The van der Waals surface area contributed by atoms with E-state index >= 15 is 0 Å². The van der Waals surface area contributed by atoms with Crippen molar-refractivity contribution in [2.75, 3.05) is 10.0 Å². The highest BCUT2D eigenvalue weighted by Crippen LogP contribution is 2.30. The Balaban J connectivity index is 1.60. The number of nitro groups is 1. The lowest BCUT2D eigenvalue weighted by Gasteiger charge is -2.12. The van der Waals surface area contributed by atoms with Crippen molar-refractivity contribution in [1.29, 1.82) is 0 Å². The van der Waals surface area contributed by atoms with Gasteiger partial charge in [0.25, 0.3) is 15.7 Å². The van der Waals surface area contributed by atoms with Crippen LogP contribution in [0.25, 0.3) is 11.0 Å². The van der Waals surface area contributed by atoms with Crippen LogP contribution < -0.4 is 15.7 Å². The molecule has 0 aliphatic heterocycles. The zero-order valence-corrected chi connectivity index (χ0v) is 18.7. The van der Waals surface area contributed by atoms with Gasteiger partial charge >= 0.3 is 5.63 Å². The molecule has 1 aromatic heterocycles. The van der Waals surface area contributed by atoms with E-state index in [1.807, 2.05) is 0 Å². The molecule has 0 radical (unpaired) electrons. The Morgan fingerprint density at radius 1 is 0.909 bits per heavy atom. The minimum absolute atomic E-state index is 0.0165. The van der Waals surface area contributed by atoms with E-state index in [1.54, 1.807) is 12.1 Å². The predicted molar refractivity (Wildman–Crippen MR) is 126 cm³/mol. The second kappa shape index (κ2) is 8.74. The number of hydrogen-bond donors (Lipinski definition) is 2. The molecular formula is C21H13Cl2N3O6S. The lowest BCUT2D eigenvalue weighted by Crippen LogP contribution is -2.13. The number of benzene rings is 3. The van der Waals surface area contributed by atoms with Crippen molar-refractivity contribution < 1.29 is 17.8 Å². The SMILES string of the molecule is O=c1cc(Nc2ccc(NS(=O)(=O)c3ccc(Cl)cc3Cl)cc2)c2cc([N+](=O)[O-])ccc2o1. The number of halogens is 2. The lowest BCUT2D eigenvalue weighted by atomic mass is 10.1. The number of hydrogen-bond acceptors (Lipinski definition) is 7. The molecule has 0 spiro atoms. The quantitative estimate of drug-likeness (QED) is 0.199.